The van der Waals surface area contributed by atoms with Crippen molar-refractivity contribution in [2.45, 2.75) is 18.7 Å². The first-order valence-electron chi connectivity index (χ1n) is 3.65. The Hall–Kier alpha value is -0.730. The van der Waals surface area contributed by atoms with Gasteiger partial charge in [-0.05, 0) is 19.9 Å². The first-order valence-corrected chi connectivity index (χ1v) is 4.03. The normalized spacial score (nSPS) is 11.3. The van der Waals surface area contributed by atoms with Gasteiger partial charge in [-0.15, -0.1) is 11.6 Å². The predicted molar refractivity (Wildman–Crippen MR) is 48.6 cm³/mol. The summed E-state index contributed by atoms with van der Waals surface area (Å²) in [4.78, 5) is 3.66. The SMILES string of the molecule is CC(C)(Cl)c1ccccc1OO. The third kappa shape index (κ3) is 1.90. The number of hydrogen-bond donors (Lipinski definition) is 1. The van der Waals surface area contributed by atoms with Crippen molar-refractivity contribution in [3.63, 3.8) is 0 Å². The third-order valence-corrected chi connectivity index (χ3v) is 1.83. The lowest BCUT2D eigenvalue weighted by atomic mass is 10.0. The second-order valence-electron chi connectivity index (χ2n) is 3.06. The van der Waals surface area contributed by atoms with Crippen LogP contribution in [0.5, 0.6) is 5.75 Å². The van der Waals surface area contributed by atoms with E-state index in [4.69, 9.17) is 16.9 Å². The smallest absolute Gasteiger partial charge is 0.170 e. The van der Waals surface area contributed by atoms with E-state index < -0.39 is 4.87 Å². The number of benzene rings is 1. The number of hydrogen-bond acceptors (Lipinski definition) is 2. The molecule has 0 atom stereocenters. The Kier molecular flexibility index (Phi) is 2.60. The van der Waals surface area contributed by atoms with Gasteiger partial charge in [0.25, 0.3) is 0 Å². The number of alkyl halides is 1. The zero-order valence-corrected chi connectivity index (χ0v) is 7.80. The Morgan fingerprint density at radius 1 is 1.33 bits per heavy atom. The van der Waals surface area contributed by atoms with Crippen LogP contribution < -0.4 is 4.89 Å². The van der Waals surface area contributed by atoms with Gasteiger partial charge in [-0.2, -0.15) is 0 Å². The van der Waals surface area contributed by atoms with E-state index in [2.05, 4.69) is 4.89 Å². The molecule has 0 aliphatic rings. The Morgan fingerprint density at radius 3 is 2.33 bits per heavy atom. The van der Waals surface area contributed by atoms with Gasteiger partial charge in [-0.25, -0.2) is 5.26 Å². The Labute approximate surface area is 76.7 Å². The van der Waals surface area contributed by atoms with E-state index in [1.165, 1.54) is 0 Å². The molecule has 1 aromatic rings. The molecule has 0 fully saturated rings. The topological polar surface area (TPSA) is 29.5 Å². The highest BCUT2D eigenvalue weighted by atomic mass is 35.5. The zero-order chi connectivity index (χ0) is 9.19. The predicted octanol–water partition coefficient (Wildman–Crippen LogP) is 3.01. The molecule has 0 heterocycles. The quantitative estimate of drug-likeness (QED) is 0.437. The highest BCUT2D eigenvalue weighted by Crippen LogP contribution is 2.34. The van der Waals surface area contributed by atoms with E-state index >= 15 is 0 Å². The first-order chi connectivity index (χ1) is 5.55. The largest absolute Gasteiger partial charge is 0.340 e. The van der Waals surface area contributed by atoms with Crippen LogP contribution in [-0.2, 0) is 4.87 Å². The summed E-state index contributed by atoms with van der Waals surface area (Å²) in [5, 5.41) is 8.52. The molecule has 0 saturated carbocycles. The zero-order valence-electron chi connectivity index (χ0n) is 7.04. The van der Waals surface area contributed by atoms with Crippen LogP contribution in [0.1, 0.15) is 19.4 Å². The Morgan fingerprint density at radius 2 is 1.92 bits per heavy atom. The van der Waals surface area contributed by atoms with Gasteiger partial charge in [-0.1, -0.05) is 18.2 Å². The number of halogens is 1. The molecule has 0 saturated heterocycles. The highest BCUT2D eigenvalue weighted by Gasteiger charge is 2.20. The van der Waals surface area contributed by atoms with E-state index in [-0.39, 0.29) is 0 Å². The fourth-order valence-corrected chi connectivity index (χ4v) is 1.19. The molecule has 0 aromatic heterocycles. The van der Waals surface area contributed by atoms with Crippen LogP contribution in [0.25, 0.3) is 0 Å². The molecule has 0 aliphatic heterocycles. The average Bonchev–Trinajstić information content (AvgIpc) is 2.03. The second-order valence-corrected chi connectivity index (χ2v) is 4.00. The maximum Gasteiger partial charge on any atom is 0.170 e. The summed E-state index contributed by atoms with van der Waals surface area (Å²) in [6, 6.07) is 7.11. The van der Waals surface area contributed by atoms with E-state index in [9.17, 15) is 0 Å². The van der Waals surface area contributed by atoms with Crippen molar-refractivity contribution in [1.82, 2.24) is 0 Å². The summed E-state index contributed by atoms with van der Waals surface area (Å²) < 4.78 is 0. The van der Waals surface area contributed by atoms with Crippen LogP contribution in [-0.4, -0.2) is 5.26 Å². The van der Waals surface area contributed by atoms with Gasteiger partial charge in [0.2, 0.25) is 0 Å². The lowest BCUT2D eigenvalue weighted by molar-refractivity contribution is -0.138. The van der Waals surface area contributed by atoms with Gasteiger partial charge in [0, 0.05) is 5.56 Å². The molecule has 0 unspecified atom stereocenters. The Balaban J connectivity index is 3.14. The molecule has 0 spiro atoms. The molecule has 0 aliphatic carbocycles. The fraction of sp³-hybridized carbons (Fsp3) is 0.333. The number of rotatable bonds is 2. The van der Waals surface area contributed by atoms with Crippen LogP contribution in [0.2, 0.25) is 0 Å². The maximum atomic E-state index is 8.52. The molecule has 0 radical (unpaired) electrons. The van der Waals surface area contributed by atoms with Gasteiger partial charge in [-0.3, -0.25) is 0 Å². The summed E-state index contributed by atoms with van der Waals surface area (Å²) >= 11 is 6.05. The van der Waals surface area contributed by atoms with Crippen LogP contribution in [0, 0.1) is 0 Å². The van der Waals surface area contributed by atoms with Gasteiger partial charge < -0.3 is 4.89 Å². The van der Waals surface area contributed by atoms with Gasteiger partial charge in [0.15, 0.2) is 5.75 Å². The minimum absolute atomic E-state index is 0.400. The lowest BCUT2D eigenvalue weighted by Gasteiger charge is -2.17. The third-order valence-electron chi connectivity index (χ3n) is 1.63. The summed E-state index contributed by atoms with van der Waals surface area (Å²) in [6.45, 7) is 3.68. The maximum absolute atomic E-state index is 8.52. The van der Waals surface area contributed by atoms with Crippen molar-refractivity contribution < 1.29 is 10.1 Å². The second kappa shape index (κ2) is 3.33. The van der Waals surface area contributed by atoms with Gasteiger partial charge in [0.1, 0.15) is 0 Å². The van der Waals surface area contributed by atoms with Crippen molar-refractivity contribution in [1.29, 1.82) is 0 Å². The molecule has 1 N–H and O–H groups in total. The molecular weight excluding hydrogens is 176 g/mol. The molecule has 3 heteroatoms. The monoisotopic (exact) mass is 186 g/mol. The molecular formula is C9H11ClO2. The van der Waals surface area contributed by atoms with E-state index in [1.807, 2.05) is 26.0 Å². The van der Waals surface area contributed by atoms with Crippen LogP contribution in [0.3, 0.4) is 0 Å². The van der Waals surface area contributed by atoms with Gasteiger partial charge in [0.05, 0.1) is 4.87 Å². The molecule has 2 nitrogen and oxygen atoms in total. The van der Waals surface area contributed by atoms with Crippen LogP contribution in [0.15, 0.2) is 24.3 Å². The van der Waals surface area contributed by atoms with Crippen molar-refractivity contribution in [2.24, 2.45) is 0 Å². The Bertz CT molecular complexity index is 265. The summed E-state index contributed by atoms with van der Waals surface area (Å²) in [5.74, 6) is 0.400. The molecule has 1 rings (SSSR count). The lowest BCUT2D eigenvalue weighted by Crippen LogP contribution is -2.09. The highest BCUT2D eigenvalue weighted by molar-refractivity contribution is 6.23. The van der Waals surface area contributed by atoms with Crippen molar-refractivity contribution in [3.05, 3.63) is 29.8 Å². The minimum Gasteiger partial charge on any atom is -0.340 e. The number of para-hydroxylation sites is 1. The summed E-state index contributed by atoms with van der Waals surface area (Å²) in [7, 11) is 0. The average molecular weight is 187 g/mol. The van der Waals surface area contributed by atoms with Crippen LogP contribution >= 0.6 is 11.6 Å². The summed E-state index contributed by atoms with van der Waals surface area (Å²) in [5.41, 5.74) is 0.772. The molecule has 0 bridgehead atoms. The van der Waals surface area contributed by atoms with Crippen molar-refractivity contribution in [2.75, 3.05) is 0 Å². The van der Waals surface area contributed by atoms with Crippen molar-refractivity contribution >= 4 is 11.6 Å². The van der Waals surface area contributed by atoms with E-state index in [0.29, 0.717) is 5.75 Å². The van der Waals surface area contributed by atoms with Crippen molar-refractivity contribution in [3.8, 4) is 5.75 Å². The van der Waals surface area contributed by atoms with E-state index in [0.717, 1.165) is 5.56 Å². The fourth-order valence-electron chi connectivity index (χ4n) is 1.04. The first kappa shape index (κ1) is 9.36. The molecule has 0 amide bonds. The standard InChI is InChI=1S/C9H11ClO2/c1-9(2,10)7-5-3-4-6-8(7)12-11/h3-6,11H,1-2H3. The summed E-state index contributed by atoms with van der Waals surface area (Å²) in [6.07, 6.45) is 0. The molecule has 66 valence electrons. The van der Waals surface area contributed by atoms with Crippen LogP contribution in [0.4, 0.5) is 0 Å². The molecule has 1 aromatic carbocycles. The minimum atomic E-state index is -0.528. The van der Waals surface area contributed by atoms with Gasteiger partial charge >= 0.3 is 0 Å². The van der Waals surface area contributed by atoms with E-state index in [1.54, 1.807) is 12.1 Å². The molecule has 12 heavy (non-hydrogen) atoms.